The summed E-state index contributed by atoms with van der Waals surface area (Å²) in [5.74, 6) is 0. The maximum atomic E-state index is 12.6. The van der Waals surface area contributed by atoms with Gasteiger partial charge in [0, 0.05) is 22.4 Å². The Morgan fingerprint density at radius 3 is 2.59 bits per heavy atom. The van der Waals surface area contributed by atoms with E-state index < -0.39 is 10.0 Å². The molecule has 0 unspecified atom stereocenters. The Bertz CT molecular complexity index is 1240. The molecule has 0 atom stereocenters. The van der Waals surface area contributed by atoms with E-state index in [0.717, 1.165) is 15.8 Å². The zero-order valence-corrected chi connectivity index (χ0v) is 16.8. The highest BCUT2D eigenvalue weighted by Crippen LogP contribution is 2.29. The first kappa shape index (κ1) is 18.0. The molecule has 0 amide bonds. The number of rotatable bonds is 4. The molecule has 0 saturated carbocycles. The minimum Gasteiger partial charge on any atom is -0.298 e. The first-order valence-electron chi connectivity index (χ1n) is 7.80. The van der Waals surface area contributed by atoms with Crippen LogP contribution in [0, 0.1) is 0 Å². The van der Waals surface area contributed by atoms with Crippen molar-refractivity contribution < 1.29 is 8.42 Å². The zero-order chi connectivity index (χ0) is 19.0. The summed E-state index contributed by atoms with van der Waals surface area (Å²) in [4.78, 5) is 8.62. The minimum absolute atomic E-state index is 0.0632. The molecule has 136 valence electrons. The molecule has 0 saturated heterocycles. The van der Waals surface area contributed by atoms with Crippen LogP contribution in [0.15, 0.2) is 76.5 Å². The molecular formula is C18H12BrClN4O2S. The predicted octanol–water partition coefficient (Wildman–Crippen LogP) is 4.61. The van der Waals surface area contributed by atoms with E-state index in [1.807, 2.05) is 22.7 Å². The molecule has 3 heterocycles. The fraction of sp³-hybridized carbons (Fsp3) is 0. The Kier molecular flexibility index (Phi) is 4.63. The number of aromatic nitrogens is 3. The van der Waals surface area contributed by atoms with E-state index in [1.165, 1.54) is 12.1 Å². The van der Waals surface area contributed by atoms with Gasteiger partial charge in [0.05, 0.1) is 22.5 Å². The highest BCUT2D eigenvalue weighted by Gasteiger charge is 2.17. The number of halogens is 2. The van der Waals surface area contributed by atoms with E-state index in [1.54, 1.807) is 36.7 Å². The van der Waals surface area contributed by atoms with E-state index in [-0.39, 0.29) is 15.7 Å². The largest absolute Gasteiger partial charge is 0.298 e. The number of hydrogen-bond acceptors (Lipinski definition) is 4. The van der Waals surface area contributed by atoms with Crippen molar-refractivity contribution in [3.8, 4) is 11.3 Å². The Balaban J connectivity index is 1.77. The third kappa shape index (κ3) is 3.55. The number of fused-ring (bicyclic) bond motifs is 1. The van der Waals surface area contributed by atoms with Crippen LogP contribution in [0.4, 0.5) is 5.69 Å². The summed E-state index contributed by atoms with van der Waals surface area (Å²) in [6.07, 6.45) is 5.15. The van der Waals surface area contributed by atoms with Gasteiger partial charge in [0.25, 0.3) is 10.0 Å². The Labute approximate surface area is 169 Å². The molecule has 0 aliphatic carbocycles. The fourth-order valence-corrected chi connectivity index (χ4v) is 4.25. The average molecular weight is 464 g/mol. The normalized spacial score (nSPS) is 11.6. The lowest BCUT2D eigenvalue weighted by Crippen LogP contribution is -2.13. The molecule has 1 aromatic carbocycles. The van der Waals surface area contributed by atoms with Crippen LogP contribution in [0.3, 0.4) is 0 Å². The summed E-state index contributed by atoms with van der Waals surface area (Å²) in [5, 5.41) is 0.0632. The van der Waals surface area contributed by atoms with Gasteiger partial charge in [-0.3, -0.25) is 9.12 Å². The maximum Gasteiger partial charge on any atom is 0.261 e. The summed E-state index contributed by atoms with van der Waals surface area (Å²) < 4.78 is 30.4. The summed E-state index contributed by atoms with van der Waals surface area (Å²) in [6, 6.07) is 13.5. The number of pyridine rings is 2. The first-order chi connectivity index (χ1) is 12.9. The highest BCUT2D eigenvalue weighted by molar-refractivity contribution is 9.10. The van der Waals surface area contributed by atoms with E-state index >= 15 is 0 Å². The van der Waals surface area contributed by atoms with E-state index in [2.05, 4.69) is 30.6 Å². The van der Waals surface area contributed by atoms with Gasteiger partial charge >= 0.3 is 0 Å². The van der Waals surface area contributed by atoms with Crippen molar-refractivity contribution in [2.45, 2.75) is 4.90 Å². The molecule has 1 N–H and O–H groups in total. The smallest absolute Gasteiger partial charge is 0.261 e. The predicted molar refractivity (Wildman–Crippen MR) is 108 cm³/mol. The Morgan fingerprint density at radius 1 is 1.04 bits per heavy atom. The Morgan fingerprint density at radius 2 is 1.81 bits per heavy atom. The van der Waals surface area contributed by atoms with Crippen LogP contribution in [0.25, 0.3) is 16.9 Å². The van der Waals surface area contributed by atoms with Gasteiger partial charge in [-0.2, -0.15) is 0 Å². The Hall–Kier alpha value is -2.42. The standard InChI is InChI=1S/C18H12BrClN4O2S/c19-13-6-7-17-21-10-16(24(17)11-13)12-8-15(18(20)22-9-12)23-27(25,26)14-4-2-1-3-5-14/h1-11,23H. The zero-order valence-electron chi connectivity index (χ0n) is 13.7. The number of sulfonamides is 1. The van der Waals surface area contributed by atoms with Gasteiger partial charge in [0.15, 0.2) is 5.15 Å². The lowest BCUT2D eigenvalue weighted by Gasteiger charge is -2.11. The third-order valence-electron chi connectivity index (χ3n) is 3.90. The first-order valence-corrected chi connectivity index (χ1v) is 10.5. The molecule has 0 fully saturated rings. The van der Waals surface area contributed by atoms with Crippen LogP contribution in [-0.2, 0) is 10.0 Å². The van der Waals surface area contributed by atoms with Crippen molar-refractivity contribution in [1.82, 2.24) is 14.4 Å². The minimum atomic E-state index is -3.77. The molecule has 0 bridgehead atoms. The van der Waals surface area contributed by atoms with Crippen LogP contribution >= 0.6 is 27.5 Å². The molecule has 27 heavy (non-hydrogen) atoms. The summed E-state index contributed by atoms with van der Waals surface area (Å²) in [6.45, 7) is 0. The molecule has 4 aromatic rings. The summed E-state index contributed by atoms with van der Waals surface area (Å²) >= 11 is 9.57. The number of nitrogens with one attached hydrogen (secondary N) is 1. The average Bonchev–Trinajstić information content (AvgIpc) is 3.07. The molecule has 0 radical (unpaired) electrons. The molecule has 0 aliphatic heterocycles. The van der Waals surface area contributed by atoms with Gasteiger partial charge in [-0.1, -0.05) is 29.8 Å². The second-order valence-corrected chi connectivity index (χ2v) is 8.66. The number of anilines is 1. The topological polar surface area (TPSA) is 76.4 Å². The van der Waals surface area contributed by atoms with E-state index in [9.17, 15) is 8.42 Å². The van der Waals surface area contributed by atoms with E-state index in [4.69, 9.17) is 11.6 Å². The van der Waals surface area contributed by atoms with Crippen molar-refractivity contribution in [1.29, 1.82) is 0 Å². The molecular weight excluding hydrogens is 452 g/mol. The number of nitrogens with zero attached hydrogens (tertiary/aromatic N) is 3. The van der Waals surface area contributed by atoms with Gasteiger partial charge in [-0.25, -0.2) is 18.4 Å². The second-order valence-electron chi connectivity index (χ2n) is 5.70. The molecule has 3 aromatic heterocycles. The maximum absolute atomic E-state index is 12.6. The van der Waals surface area contributed by atoms with Gasteiger partial charge in [-0.05, 0) is 46.3 Å². The summed E-state index contributed by atoms with van der Waals surface area (Å²) in [7, 11) is -3.77. The number of hydrogen-bond donors (Lipinski definition) is 1. The highest BCUT2D eigenvalue weighted by atomic mass is 79.9. The van der Waals surface area contributed by atoms with Crippen LogP contribution in [-0.4, -0.2) is 22.8 Å². The molecule has 6 nitrogen and oxygen atoms in total. The van der Waals surface area contributed by atoms with Crippen molar-refractivity contribution in [3.63, 3.8) is 0 Å². The van der Waals surface area contributed by atoms with Crippen LogP contribution in [0.5, 0.6) is 0 Å². The van der Waals surface area contributed by atoms with Gasteiger partial charge in [0.1, 0.15) is 5.65 Å². The second kappa shape index (κ2) is 6.95. The van der Waals surface area contributed by atoms with Gasteiger partial charge < -0.3 is 0 Å². The van der Waals surface area contributed by atoms with Crippen molar-refractivity contribution >= 4 is 48.9 Å². The lowest BCUT2D eigenvalue weighted by molar-refractivity contribution is 0.601. The molecule has 0 spiro atoms. The molecule has 4 rings (SSSR count). The van der Waals surface area contributed by atoms with Gasteiger partial charge in [-0.15, -0.1) is 0 Å². The quantitative estimate of drug-likeness (QED) is 0.448. The third-order valence-corrected chi connectivity index (χ3v) is 6.05. The van der Waals surface area contributed by atoms with Crippen molar-refractivity contribution in [3.05, 3.63) is 76.7 Å². The summed E-state index contributed by atoms with van der Waals surface area (Å²) in [5.41, 5.74) is 2.39. The number of imidazole rings is 1. The van der Waals surface area contributed by atoms with E-state index in [0.29, 0.717) is 5.56 Å². The van der Waals surface area contributed by atoms with Crippen LogP contribution < -0.4 is 4.72 Å². The van der Waals surface area contributed by atoms with Crippen LogP contribution in [0.1, 0.15) is 0 Å². The SMILES string of the molecule is O=S(=O)(Nc1cc(-c2cnc3ccc(Br)cn23)cnc1Cl)c1ccccc1. The lowest BCUT2D eigenvalue weighted by atomic mass is 10.2. The number of benzene rings is 1. The van der Waals surface area contributed by atoms with Gasteiger partial charge in [0.2, 0.25) is 0 Å². The van der Waals surface area contributed by atoms with Crippen molar-refractivity contribution in [2.24, 2.45) is 0 Å². The fourth-order valence-electron chi connectivity index (χ4n) is 2.63. The molecule has 9 heteroatoms. The van der Waals surface area contributed by atoms with Crippen LogP contribution in [0.2, 0.25) is 5.15 Å². The monoisotopic (exact) mass is 462 g/mol. The molecule has 0 aliphatic rings. The van der Waals surface area contributed by atoms with Crippen molar-refractivity contribution in [2.75, 3.05) is 4.72 Å².